The van der Waals surface area contributed by atoms with Crippen LogP contribution in [0.4, 0.5) is 4.79 Å². The fourth-order valence-electron chi connectivity index (χ4n) is 5.63. The Balaban J connectivity index is 1.57. The molecule has 2 unspecified atom stereocenters. The predicted octanol–water partition coefficient (Wildman–Crippen LogP) is 8.67. The molecule has 2 atom stereocenters. The van der Waals surface area contributed by atoms with E-state index in [2.05, 4.69) is 70.2 Å². The van der Waals surface area contributed by atoms with E-state index in [1.807, 2.05) is 25.1 Å². The van der Waals surface area contributed by atoms with Crippen LogP contribution in [-0.2, 0) is 11.8 Å². The van der Waals surface area contributed by atoms with Gasteiger partial charge in [-0.15, -0.1) is 0 Å². The number of aryl methyl sites for hydroxylation is 2. The monoisotopic (exact) mass is 500 g/mol. The molecule has 0 saturated heterocycles. The van der Waals surface area contributed by atoms with Crippen molar-refractivity contribution in [2.45, 2.75) is 72.1 Å². The summed E-state index contributed by atoms with van der Waals surface area (Å²) in [4.78, 5) is 12.7. The van der Waals surface area contributed by atoms with Crippen LogP contribution in [-0.4, -0.2) is 13.3 Å². The van der Waals surface area contributed by atoms with Crippen LogP contribution < -0.4 is 14.2 Å². The first-order chi connectivity index (χ1) is 17.7. The van der Waals surface area contributed by atoms with Crippen LogP contribution in [0.3, 0.4) is 0 Å². The normalized spacial score (nSPS) is 20.8. The number of hydrogen-bond acceptors (Lipinski definition) is 4. The molecule has 37 heavy (non-hydrogen) atoms. The lowest BCUT2D eigenvalue weighted by Crippen LogP contribution is -2.41. The Morgan fingerprint density at radius 1 is 0.892 bits per heavy atom. The highest BCUT2D eigenvalue weighted by molar-refractivity contribution is 5.69. The molecule has 1 saturated carbocycles. The molecule has 0 spiro atoms. The summed E-state index contributed by atoms with van der Waals surface area (Å²) in [5.74, 6) is 1.95. The lowest BCUT2D eigenvalue weighted by atomic mass is 9.55. The summed E-state index contributed by atoms with van der Waals surface area (Å²) in [6, 6.07) is 22.7. The first kappa shape index (κ1) is 26.8. The van der Waals surface area contributed by atoms with Crippen LogP contribution in [0.1, 0.15) is 75.6 Å². The van der Waals surface area contributed by atoms with E-state index < -0.39 is 6.16 Å². The summed E-state index contributed by atoms with van der Waals surface area (Å²) < 4.78 is 16.6. The Bertz CT molecular complexity index is 1230. The molecule has 0 amide bonds. The number of benzene rings is 3. The Labute approximate surface area is 222 Å². The number of carbonyl (C=O) groups excluding carboxylic acids is 1. The molecule has 0 bridgehead atoms. The summed E-state index contributed by atoms with van der Waals surface area (Å²) in [5, 5.41) is 0. The van der Waals surface area contributed by atoms with E-state index in [0.717, 1.165) is 43.2 Å². The van der Waals surface area contributed by atoms with Gasteiger partial charge in [0.15, 0.2) is 11.5 Å². The molecular weight excluding hydrogens is 460 g/mol. The third-order valence-corrected chi connectivity index (χ3v) is 8.39. The molecule has 1 fully saturated rings. The summed E-state index contributed by atoms with van der Waals surface area (Å²) in [7, 11) is 1.57. The summed E-state index contributed by atoms with van der Waals surface area (Å²) in [5.41, 5.74) is 4.92. The first-order valence-corrected chi connectivity index (χ1v) is 13.4. The maximum atomic E-state index is 12.7. The molecule has 4 nitrogen and oxygen atoms in total. The quantitative estimate of drug-likeness (QED) is 0.240. The number of carbonyl (C=O) groups is 1. The Morgan fingerprint density at radius 3 is 2.24 bits per heavy atom. The molecule has 0 N–H and O–H groups in total. The van der Waals surface area contributed by atoms with Gasteiger partial charge < -0.3 is 14.2 Å². The molecule has 0 radical (unpaired) electrons. The van der Waals surface area contributed by atoms with Crippen molar-refractivity contribution in [1.82, 2.24) is 0 Å². The van der Waals surface area contributed by atoms with Gasteiger partial charge in [0.25, 0.3) is 0 Å². The molecule has 1 aliphatic rings. The fraction of sp³-hybridized carbons (Fsp3) is 0.424. The Kier molecular flexibility index (Phi) is 7.96. The van der Waals surface area contributed by atoms with Gasteiger partial charge in [-0.05, 0) is 84.4 Å². The molecule has 4 heteroatoms. The van der Waals surface area contributed by atoms with Crippen molar-refractivity contribution in [2.75, 3.05) is 7.11 Å². The van der Waals surface area contributed by atoms with Gasteiger partial charge in [-0.3, -0.25) is 0 Å². The van der Waals surface area contributed by atoms with Crippen molar-refractivity contribution in [2.24, 2.45) is 11.3 Å². The lowest BCUT2D eigenvalue weighted by molar-refractivity contribution is 0.107. The van der Waals surface area contributed by atoms with Crippen LogP contribution in [0.15, 0.2) is 66.7 Å². The van der Waals surface area contributed by atoms with Gasteiger partial charge in [0.05, 0.1) is 7.11 Å². The smallest absolute Gasteiger partial charge is 0.493 e. The van der Waals surface area contributed by atoms with Crippen LogP contribution >= 0.6 is 0 Å². The molecule has 0 heterocycles. The summed E-state index contributed by atoms with van der Waals surface area (Å²) in [6.07, 6.45) is 4.52. The standard InChI is InChI=1S/C33H40O4/c1-7-11-25-14-16-29(30(21-25)35-6)37-31(34)36-28-17-15-27(20-23(28)2)33(26-12-9-8-10-13-26)19-18-32(4,5)24(3)22-33/h8-10,12-17,20-21,24H,7,11,18-19,22H2,1-6H3. The third kappa shape index (κ3) is 5.69. The number of rotatable bonds is 7. The maximum Gasteiger partial charge on any atom is 0.519 e. The second-order valence-electron chi connectivity index (χ2n) is 11.2. The highest BCUT2D eigenvalue weighted by Gasteiger charge is 2.44. The van der Waals surface area contributed by atoms with E-state index in [-0.39, 0.29) is 5.41 Å². The molecular formula is C33H40O4. The SMILES string of the molecule is CCCc1ccc(OC(=O)Oc2ccc(C3(c4ccccc4)CCC(C)(C)C(C)C3)cc2C)c(OC)c1. The van der Waals surface area contributed by atoms with Crippen LogP contribution in [0, 0.1) is 18.3 Å². The number of ether oxygens (including phenoxy) is 3. The largest absolute Gasteiger partial charge is 0.519 e. The van der Waals surface area contributed by atoms with Crippen molar-refractivity contribution < 1.29 is 19.0 Å². The van der Waals surface area contributed by atoms with E-state index in [1.165, 1.54) is 11.1 Å². The van der Waals surface area contributed by atoms with Crippen molar-refractivity contribution >= 4 is 6.16 Å². The predicted molar refractivity (Wildman–Crippen MR) is 149 cm³/mol. The van der Waals surface area contributed by atoms with Gasteiger partial charge in [0.1, 0.15) is 5.75 Å². The highest BCUT2D eigenvalue weighted by Crippen LogP contribution is 2.53. The minimum Gasteiger partial charge on any atom is -0.493 e. The zero-order valence-corrected chi connectivity index (χ0v) is 23.1. The second kappa shape index (κ2) is 11.0. The van der Waals surface area contributed by atoms with Crippen LogP contribution in [0.2, 0.25) is 0 Å². The summed E-state index contributed by atoms with van der Waals surface area (Å²) in [6.45, 7) is 11.2. The van der Waals surface area contributed by atoms with Crippen molar-refractivity contribution in [3.63, 3.8) is 0 Å². The minimum atomic E-state index is -0.775. The van der Waals surface area contributed by atoms with Gasteiger partial charge in [0.2, 0.25) is 0 Å². The van der Waals surface area contributed by atoms with Gasteiger partial charge in [-0.1, -0.05) is 82.6 Å². The average molecular weight is 501 g/mol. The maximum absolute atomic E-state index is 12.7. The fourth-order valence-corrected chi connectivity index (χ4v) is 5.63. The topological polar surface area (TPSA) is 44.8 Å². The molecule has 0 aliphatic heterocycles. The van der Waals surface area contributed by atoms with E-state index in [9.17, 15) is 4.79 Å². The van der Waals surface area contributed by atoms with Crippen LogP contribution in [0.25, 0.3) is 0 Å². The second-order valence-corrected chi connectivity index (χ2v) is 11.2. The summed E-state index contributed by atoms with van der Waals surface area (Å²) >= 11 is 0. The molecule has 1 aliphatic carbocycles. The molecule has 0 aromatic heterocycles. The van der Waals surface area contributed by atoms with Crippen molar-refractivity contribution in [3.05, 3.63) is 89.0 Å². The van der Waals surface area contributed by atoms with Gasteiger partial charge >= 0.3 is 6.16 Å². The van der Waals surface area contributed by atoms with Gasteiger partial charge in [-0.25, -0.2) is 4.79 Å². The molecule has 196 valence electrons. The first-order valence-electron chi connectivity index (χ1n) is 13.4. The number of hydrogen-bond donors (Lipinski definition) is 0. The van der Waals surface area contributed by atoms with E-state index in [0.29, 0.717) is 28.6 Å². The van der Waals surface area contributed by atoms with Crippen LogP contribution in [0.5, 0.6) is 17.2 Å². The minimum absolute atomic E-state index is 0.0619. The van der Waals surface area contributed by atoms with Crippen molar-refractivity contribution in [1.29, 1.82) is 0 Å². The van der Waals surface area contributed by atoms with Gasteiger partial charge in [-0.2, -0.15) is 0 Å². The third-order valence-electron chi connectivity index (χ3n) is 8.39. The Hall–Kier alpha value is -3.27. The number of methoxy groups -OCH3 is 1. The Morgan fingerprint density at radius 2 is 1.59 bits per heavy atom. The highest BCUT2D eigenvalue weighted by atomic mass is 16.7. The van der Waals surface area contributed by atoms with Crippen molar-refractivity contribution in [3.8, 4) is 17.2 Å². The zero-order chi connectivity index (χ0) is 26.6. The zero-order valence-electron chi connectivity index (χ0n) is 23.1. The lowest BCUT2D eigenvalue weighted by Gasteiger charge is -2.48. The van der Waals surface area contributed by atoms with E-state index in [4.69, 9.17) is 14.2 Å². The average Bonchev–Trinajstić information content (AvgIpc) is 2.88. The molecule has 3 aromatic carbocycles. The van der Waals surface area contributed by atoms with E-state index in [1.54, 1.807) is 13.2 Å². The molecule has 3 aromatic rings. The van der Waals surface area contributed by atoms with E-state index >= 15 is 0 Å². The van der Waals surface area contributed by atoms with Gasteiger partial charge in [0, 0.05) is 5.41 Å². The molecule has 4 rings (SSSR count).